The van der Waals surface area contributed by atoms with Crippen LogP contribution >= 0.6 is 0 Å². The third-order valence-corrected chi connectivity index (χ3v) is 3.82. The first kappa shape index (κ1) is 15.1. The largest absolute Gasteiger partial charge is 0.345 e. The van der Waals surface area contributed by atoms with Crippen molar-refractivity contribution in [3.63, 3.8) is 0 Å². The van der Waals surface area contributed by atoms with Gasteiger partial charge in [0, 0.05) is 29.2 Å². The van der Waals surface area contributed by atoms with Crippen LogP contribution in [0.25, 0.3) is 10.9 Å². The van der Waals surface area contributed by atoms with Crippen molar-refractivity contribution in [3.8, 4) is 0 Å². The summed E-state index contributed by atoms with van der Waals surface area (Å²) in [5.74, 6) is 0. The second-order valence-electron chi connectivity index (χ2n) is 8.10. The first-order valence-electron chi connectivity index (χ1n) is 7.54. The molecule has 2 heteroatoms. The molecule has 0 aliphatic heterocycles. The molecule has 2 nitrogen and oxygen atoms in total. The summed E-state index contributed by atoms with van der Waals surface area (Å²) in [5, 5.41) is 1.35. The molecule has 0 fully saturated rings. The molecule has 0 atom stereocenters. The van der Waals surface area contributed by atoms with Gasteiger partial charge in [0.15, 0.2) is 0 Å². The van der Waals surface area contributed by atoms with Crippen molar-refractivity contribution >= 4 is 10.9 Å². The van der Waals surface area contributed by atoms with Crippen LogP contribution in [0.5, 0.6) is 0 Å². The Kier molecular flexibility index (Phi) is 3.48. The van der Waals surface area contributed by atoms with E-state index < -0.39 is 0 Å². The Morgan fingerprint density at radius 1 is 1.00 bits per heavy atom. The molecule has 2 rings (SSSR count). The van der Waals surface area contributed by atoms with E-state index in [4.69, 9.17) is 4.98 Å². The van der Waals surface area contributed by atoms with Gasteiger partial charge in [-0.1, -0.05) is 41.5 Å². The molecule has 0 saturated heterocycles. The number of rotatable bonds is 1. The summed E-state index contributed by atoms with van der Waals surface area (Å²) in [7, 11) is 0. The van der Waals surface area contributed by atoms with Crippen LogP contribution in [-0.4, -0.2) is 9.55 Å². The molecule has 2 aromatic rings. The molecule has 0 aromatic carbocycles. The lowest BCUT2D eigenvalue weighted by Crippen LogP contribution is -2.17. The minimum Gasteiger partial charge on any atom is -0.345 e. The van der Waals surface area contributed by atoms with Gasteiger partial charge in [-0.15, -0.1) is 0 Å². The highest BCUT2D eigenvalue weighted by Crippen LogP contribution is 2.38. The van der Waals surface area contributed by atoms with Gasteiger partial charge in [0.25, 0.3) is 0 Å². The predicted octanol–water partition coefficient (Wildman–Crippen LogP) is 5.21. The molecule has 0 spiro atoms. The standard InChI is InChI=1S/C18H28N2/c1-12(2)20-11-13(17(3,4)5)15-14(20)9-10-19-16(15)18(6,7)8/h9-12H,1-8H3. The number of nitrogens with zero attached hydrogens (tertiary/aromatic N) is 2. The van der Waals surface area contributed by atoms with E-state index >= 15 is 0 Å². The fourth-order valence-electron chi connectivity index (χ4n) is 2.77. The van der Waals surface area contributed by atoms with Crippen LogP contribution in [0.4, 0.5) is 0 Å². The molecule has 110 valence electrons. The lowest BCUT2D eigenvalue weighted by Gasteiger charge is -2.23. The Bertz CT molecular complexity index is 619. The highest BCUT2D eigenvalue weighted by Gasteiger charge is 2.27. The molecule has 0 saturated carbocycles. The Morgan fingerprint density at radius 3 is 2.05 bits per heavy atom. The van der Waals surface area contributed by atoms with Crippen molar-refractivity contribution in [1.82, 2.24) is 9.55 Å². The van der Waals surface area contributed by atoms with Crippen molar-refractivity contribution in [2.24, 2.45) is 0 Å². The zero-order valence-electron chi connectivity index (χ0n) is 14.2. The maximum absolute atomic E-state index is 4.71. The lowest BCUT2D eigenvalue weighted by molar-refractivity contribution is 0.566. The van der Waals surface area contributed by atoms with Gasteiger partial charge < -0.3 is 4.57 Å². The SMILES string of the molecule is CC(C)n1cc(C(C)(C)C)c2c(C(C)(C)C)nccc21. The molecule has 0 radical (unpaired) electrons. The van der Waals surface area contributed by atoms with Crippen molar-refractivity contribution in [1.29, 1.82) is 0 Å². The van der Waals surface area contributed by atoms with Gasteiger partial charge in [-0.05, 0) is 30.9 Å². The molecular weight excluding hydrogens is 244 g/mol. The zero-order chi connectivity index (χ0) is 15.3. The number of hydrogen-bond donors (Lipinski definition) is 0. The van der Waals surface area contributed by atoms with Gasteiger partial charge in [0.1, 0.15) is 0 Å². The molecular formula is C18H28N2. The second kappa shape index (κ2) is 4.61. The summed E-state index contributed by atoms with van der Waals surface area (Å²) < 4.78 is 2.38. The maximum Gasteiger partial charge on any atom is 0.0553 e. The van der Waals surface area contributed by atoms with Gasteiger partial charge >= 0.3 is 0 Å². The van der Waals surface area contributed by atoms with Crippen LogP contribution in [0.15, 0.2) is 18.5 Å². The van der Waals surface area contributed by atoms with E-state index in [1.165, 1.54) is 22.2 Å². The van der Waals surface area contributed by atoms with E-state index in [9.17, 15) is 0 Å². The molecule has 0 amide bonds. The fourth-order valence-corrected chi connectivity index (χ4v) is 2.77. The molecule has 0 unspecified atom stereocenters. The Morgan fingerprint density at radius 2 is 1.60 bits per heavy atom. The molecule has 0 bridgehead atoms. The monoisotopic (exact) mass is 272 g/mol. The second-order valence-corrected chi connectivity index (χ2v) is 8.10. The average molecular weight is 272 g/mol. The van der Waals surface area contributed by atoms with Gasteiger partial charge in [-0.2, -0.15) is 0 Å². The topological polar surface area (TPSA) is 17.8 Å². The van der Waals surface area contributed by atoms with E-state index in [0.29, 0.717) is 6.04 Å². The Labute approximate surface area is 123 Å². The number of fused-ring (bicyclic) bond motifs is 1. The highest BCUT2D eigenvalue weighted by molar-refractivity contribution is 5.88. The normalized spacial score (nSPS) is 13.4. The Balaban J connectivity index is 2.93. The van der Waals surface area contributed by atoms with Crippen LogP contribution in [-0.2, 0) is 10.8 Å². The minimum absolute atomic E-state index is 0.0582. The van der Waals surface area contributed by atoms with E-state index in [1.807, 2.05) is 6.20 Å². The number of aromatic nitrogens is 2. The van der Waals surface area contributed by atoms with Gasteiger partial charge in [0.2, 0.25) is 0 Å². The summed E-state index contributed by atoms with van der Waals surface area (Å²) in [4.78, 5) is 4.71. The third kappa shape index (κ3) is 2.48. The van der Waals surface area contributed by atoms with Crippen molar-refractivity contribution < 1.29 is 0 Å². The lowest BCUT2D eigenvalue weighted by atomic mass is 9.82. The van der Waals surface area contributed by atoms with Gasteiger partial charge in [0.05, 0.1) is 11.2 Å². The third-order valence-electron chi connectivity index (χ3n) is 3.82. The van der Waals surface area contributed by atoms with Crippen LogP contribution in [0.3, 0.4) is 0 Å². The molecule has 20 heavy (non-hydrogen) atoms. The van der Waals surface area contributed by atoms with E-state index in [-0.39, 0.29) is 10.8 Å². The van der Waals surface area contributed by atoms with Crippen molar-refractivity contribution in [3.05, 3.63) is 29.7 Å². The Hall–Kier alpha value is -1.31. The number of hydrogen-bond acceptors (Lipinski definition) is 1. The summed E-state index contributed by atoms with van der Waals surface area (Å²) in [5.41, 5.74) is 4.10. The number of pyridine rings is 1. The van der Waals surface area contributed by atoms with Crippen molar-refractivity contribution in [2.45, 2.75) is 72.3 Å². The first-order chi connectivity index (χ1) is 9.03. The summed E-state index contributed by atoms with van der Waals surface area (Å²) >= 11 is 0. The average Bonchev–Trinajstić information content (AvgIpc) is 2.65. The molecule has 2 heterocycles. The highest BCUT2D eigenvalue weighted by atomic mass is 15.0. The predicted molar refractivity (Wildman–Crippen MR) is 87.5 cm³/mol. The fraction of sp³-hybridized carbons (Fsp3) is 0.611. The van der Waals surface area contributed by atoms with E-state index in [2.05, 4.69) is 72.2 Å². The first-order valence-corrected chi connectivity index (χ1v) is 7.54. The van der Waals surface area contributed by atoms with E-state index in [0.717, 1.165) is 0 Å². The molecule has 0 aliphatic carbocycles. The van der Waals surface area contributed by atoms with E-state index in [1.54, 1.807) is 0 Å². The van der Waals surface area contributed by atoms with Crippen LogP contribution < -0.4 is 0 Å². The smallest absolute Gasteiger partial charge is 0.0553 e. The summed E-state index contributed by atoms with van der Waals surface area (Å²) in [6.45, 7) is 18.1. The van der Waals surface area contributed by atoms with Gasteiger partial charge in [-0.25, -0.2) is 0 Å². The zero-order valence-corrected chi connectivity index (χ0v) is 14.2. The minimum atomic E-state index is 0.0582. The molecule has 2 aromatic heterocycles. The molecule has 0 N–H and O–H groups in total. The van der Waals surface area contributed by atoms with Crippen LogP contribution in [0.2, 0.25) is 0 Å². The van der Waals surface area contributed by atoms with Crippen LogP contribution in [0.1, 0.15) is 72.7 Å². The molecule has 0 aliphatic rings. The van der Waals surface area contributed by atoms with Crippen LogP contribution in [0, 0.1) is 0 Å². The summed E-state index contributed by atoms with van der Waals surface area (Å²) in [6, 6.07) is 2.61. The summed E-state index contributed by atoms with van der Waals surface area (Å²) in [6.07, 6.45) is 4.28. The van der Waals surface area contributed by atoms with Gasteiger partial charge in [-0.3, -0.25) is 4.98 Å². The quantitative estimate of drug-likeness (QED) is 0.696. The maximum atomic E-state index is 4.71. The van der Waals surface area contributed by atoms with Crippen molar-refractivity contribution in [2.75, 3.05) is 0 Å².